The number of aliphatic imine (C=N–C) groups is 1. The first-order chi connectivity index (χ1) is 11.6. The van der Waals surface area contributed by atoms with E-state index >= 15 is 0 Å². The number of hydrogen-bond donors (Lipinski definition) is 3. The van der Waals surface area contributed by atoms with Gasteiger partial charge in [-0.05, 0) is 50.8 Å². The van der Waals surface area contributed by atoms with E-state index in [1.54, 1.807) is 0 Å². The molecule has 1 saturated carbocycles. The Hall–Kier alpha value is -1.46. The van der Waals surface area contributed by atoms with E-state index in [-0.39, 0.29) is 0 Å². The Morgan fingerprint density at radius 1 is 1.46 bits per heavy atom. The Morgan fingerprint density at radius 2 is 2.29 bits per heavy atom. The number of anilines is 1. The molecule has 132 valence electrons. The Morgan fingerprint density at radius 3 is 2.96 bits per heavy atom. The summed E-state index contributed by atoms with van der Waals surface area (Å²) in [6.07, 6.45) is 3.89. The standard InChI is InChI=1S/C18H27ClN4O/c1-2-20-17(21-13-18(24)8-4-9-18)22-15-7-10-23(12-15)16-6-3-5-14(19)11-16/h3,5-6,11,15,24H,2,4,7-10,12-13H2,1H3,(H2,20,21,22). The largest absolute Gasteiger partial charge is 0.388 e. The van der Waals surface area contributed by atoms with Crippen LogP contribution in [0.5, 0.6) is 0 Å². The molecule has 0 radical (unpaired) electrons. The molecule has 3 N–H and O–H groups in total. The second-order valence-electron chi connectivity index (χ2n) is 6.83. The third-order valence-corrected chi connectivity index (χ3v) is 5.10. The summed E-state index contributed by atoms with van der Waals surface area (Å²) in [4.78, 5) is 6.93. The molecule has 1 aromatic carbocycles. The summed E-state index contributed by atoms with van der Waals surface area (Å²) in [6, 6.07) is 8.34. The van der Waals surface area contributed by atoms with Crippen LogP contribution in [0.15, 0.2) is 29.3 Å². The molecule has 1 aromatic rings. The van der Waals surface area contributed by atoms with Gasteiger partial charge in [0.05, 0.1) is 12.1 Å². The van der Waals surface area contributed by atoms with Gasteiger partial charge in [0, 0.05) is 36.4 Å². The summed E-state index contributed by atoms with van der Waals surface area (Å²) in [5.41, 5.74) is 0.586. The van der Waals surface area contributed by atoms with Crippen molar-refractivity contribution in [2.75, 3.05) is 31.1 Å². The average molecular weight is 351 g/mol. The Kier molecular flexibility index (Phi) is 5.51. The van der Waals surface area contributed by atoms with Crippen molar-refractivity contribution in [1.29, 1.82) is 0 Å². The highest BCUT2D eigenvalue weighted by atomic mass is 35.5. The molecule has 2 aliphatic rings. The fourth-order valence-electron chi connectivity index (χ4n) is 3.27. The molecule has 0 bridgehead atoms. The van der Waals surface area contributed by atoms with Gasteiger partial charge >= 0.3 is 0 Å². The van der Waals surface area contributed by atoms with Crippen LogP contribution in [-0.4, -0.2) is 48.9 Å². The quantitative estimate of drug-likeness (QED) is 0.563. The second kappa shape index (κ2) is 7.62. The minimum Gasteiger partial charge on any atom is -0.388 e. The molecule has 5 nitrogen and oxygen atoms in total. The normalized spacial score (nSPS) is 23.0. The summed E-state index contributed by atoms with van der Waals surface area (Å²) in [5, 5.41) is 17.8. The van der Waals surface area contributed by atoms with E-state index in [0.717, 1.165) is 62.0 Å². The second-order valence-corrected chi connectivity index (χ2v) is 7.27. The highest BCUT2D eigenvalue weighted by Crippen LogP contribution is 2.31. The van der Waals surface area contributed by atoms with E-state index in [4.69, 9.17) is 11.6 Å². The average Bonchev–Trinajstić information content (AvgIpc) is 2.99. The van der Waals surface area contributed by atoms with E-state index in [1.165, 1.54) is 0 Å². The first kappa shape index (κ1) is 17.4. The molecule has 1 heterocycles. The molecule has 1 unspecified atom stereocenters. The summed E-state index contributed by atoms with van der Waals surface area (Å²) in [7, 11) is 0. The smallest absolute Gasteiger partial charge is 0.191 e. The molecule has 1 atom stereocenters. The predicted octanol–water partition coefficient (Wildman–Crippen LogP) is 2.39. The summed E-state index contributed by atoms with van der Waals surface area (Å²) in [6.45, 7) is 5.28. The summed E-state index contributed by atoms with van der Waals surface area (Å²) in [5.74, 6) is 0.802. The molecule has 1 aliphatic heterocycles. The number of rotatable bonds is 5. The van der Waals surface area contributed by atoms with Gasteiger partial charge in [-0.3, -0.25) is 4.99 Å². The maximum Gasteiger partial charge on any atom is 0.191 e. The Balaban J connectivity index is 1.56. The monoisotopic (exact) mass is 350 g/mol. The molecule has 2 fully saturated rings. The van der Waals surface area contributed by atoms with Crippen molar-refractivity contribution in [2.24, 2.45) is 4.99 Å². The Labute approximate surface area is 149 Å². The van der Waals surface area contributed by atoms with Crippen molar-refractivity contribution in [2.45, 2.75) is 44.2 Å². The molecule has 0 amide bonds. The van der Waals surface area contributed by atoms with Gasteiger partial charge in [0.1, 0.15) is 0 Å². The molecule has 1 saturated heterocycles. The predicted molar refractivity (Wildman–Crippen MR) is 100.0 cm³/mol. The zero-order chi connectivity index (χ0) is 17.0. The van der Waals surface area contributed by atoms with Crippen LogP contribution in [0, 0.1) is 0 Å². The Bertz CT molecular complexity index is 588. The molecule has 3 rings (SSSR count). The number of halogens is 1. The van der Waals surface area contributed by atoms with Gasteiger partial charge in [-0.25, -0.2) is 0 Å². The first-order valence-corrected chi connectivity index (χ1v) is 9.23. The van der Waals surface area contributed by atoms with Crippen LogP contribution in [0.4, 0.5) is 5.69 Å². The lowest BCUT2D eigenvalue weighted by Gasteiger charge is -2.35. The third kappa shape index (κ3) is 4.33. The van der Waals surface area contributed by atoms with Crippen LogP contribution in [0.25, 0.3) is 0 Å². The van der Waals surface area contributed by atoms with Crippen molar-refractivity contribution in [3.05, 3.63) is 29.3 Å². The van der Waals surface area contributed by atoms with Gasteiger partial charge in [-0.2, -0.15) is 0 Å². The van der Waals surface area contributed by atoms with Gasteiger partial charge in [0.2, 0.25) is 0 Å². The number of hydrogen-bond acceptors (Lipinski definition) is 3. The van der Waals surface area contributed by atoms with E-state index in [0.29, 0.717) is 12.6 Å². The van der Waals surface area contributed by atoms with Crippen LogP contribution in [-0.2, 0) is 0 Å². The van der Waals surface area contributed by atoms with Crippen molar-refractivity contribution in [3.63, 3.8) is 0 Å². The molecule has 1 aliphatic carbocycles. The highest BCUT2D eigenvalue weighted by molar-refractivity contribution is 6.30. The molecule has 0 aromatic heterocycles. The van der Waals surface area contributed by atoms with Gasteiger partial charge in [0.25, 0.3) is 0 Å². The zero-order valence-electron chi connectivity index (χ0n) is 14.3. The lowest BCUT2D eigenvalue weighted by molar-refractivity contribution is -0.0236. The lowest BCUT2D eigenvalue weighted by atomic mass is 9.80. The van der Waals surface area contributed by atoms with Gasteiger partial charge in [0.15, 0.2) is 5.96 Å². The SMILES string of the molecule is CCNC(=NCC1(O)CCC1)NC1CCN(c2cccc(Cl)c2)C1. The summed E-state index contributed by atoms with van der Waals surface area (Å²) >= 11 is 6.09. The lowest BCUT2D eigenvalue weighted by Crippen LogP contribution is -2.46. The topological polar surface area (TPSA) is 59.9 Å². The molecular weight excluding hydrogens is 324 g/mol. The highest BCUT2D eigenvalue weighted by Gasteiger charge is 2.34. The number of nitrogens with zero attached hydrogens (tertiary/aromatic N) is 2. The van der Waals surface area contributed by atoms with E-state index in [2.05, 4.69) is 33.5 Å². The number of guanidine groups is 1. The zero-order valence-corrected chi connectivity index (χ0v) is 15.0. The first-order valence-electron chi connectivity index (χ1n) is 8.86. The fraction of sp³-hybridized carbons (Fsp3) is 0.611. The fourth-order valence-corrected chi connectivity index (χ4v) is 3.45. The van der Waals surface area contributed by atoms with Crippen molar-refractivity contribution < 1.29 is 5.11 Å². The minimum atomic E-state index is -0.579. The van der Waals surface area contributed by atoms with Crippen molar-refractivity contribution >= 4 is 23.2 Å². The third-order valence-electron chi connectivity index (χ3n) is 4.86. The molecular formula is C18H27ClN4O. The van der Waals surface area contributed by atoms with Crippen LogP contribution in [0.3, 0.4) is 0 Å². The summed E-state index contributed by atoms with van der Waals surface area (Å²) < 4.78 is 0. The molecule has 0 spiro atoms. The number of benzene rings is 1. The van der Waals surface area contributed by atoms with E-state index in [9.17, 15) is 5.11 Å². The van der Waals surface area contributed by atoms with Crippen molar-refractivity contribution in [3.8, 4) is 0 Å². The minimum absolute atomic E-state index is 0.345. The maximum absolute atomic E-state index is 10.2. The van der Waals surface area contributed by atoms with Gasteiger partial charge < -0.3 is 20.6 Å². The van der Waals surface area contributed by atoms with Crippen molar-refractivity contribution in [1.82, 2.24) is 10.6 Å². The maximum atomic E-state index is 10.2. The van der Waals surface area contributed by atoms with E-state index < -0.39 is 5.60 Å². The van der Waals surface area contributed by atoms with Crippen LogP contribution in [0.2, 0.25) is 5.02 Å². The van der Waals surface area contributed by atoms with Crippen LogP contribution in [0.1, 0.15) is 32.6 Å². The number of nitrogens with one attached hydrogen (secondary N) is 2. The van der Waals surface area contributed by atoms with Gasteiger partial charge in [-0.1, -0.05) is 17.7 Å². The molecule has 24 heavy (non-hydrogen) atoms. The number of aliphatic hydroxyl groups is 1. The van der Waals surface area contributed by atoms with Crippen LogP contribution >= 0.6 is 11.6 Å². The van der Waals surface area contributed by atoms with Gasteiger partial charge in [-0.15, -0.1) is 0 Å². The molecule has 6 heteroatoms. The van der Waals surface area contributed by atoms with E-state index in [1.807, 2.05) is 18.2 Å². The van der Waals surface area contributed by atoms with Crippen LogP contribution < -0.4 is 15.5 Å².